The standard InChI is InChI=1S/C19H24N4O2S/c1-26-19-20-9-6-18(22-19)23-10-7-14(8-11-23)21-12-15-13-24-16-4-2-3-5-17(16)25-15/h2-6,9,14-15,21H,7-8,10-13H2,1H3. The zero-order valence-electron chi connectivity index (χ0n) is 14.9. The van der Waals surface area contributed by atoms with E-state index < -0.39 is 0 Å². The van der Waals surface area contributed by atoms with Crippen molar-refractivity contribution in [2.45, 2.75) is 30.1 Å². The van der Waals surface area contributed by atoms with E-state index in [0.29, 0.717) is 12.6 Å². The van der Waals surface area contributed by atoms with Crippen LogP contribution in [-0.4, -0.2) is 54.6 Å². The lowest BCUT2D eigenvalue weighted by molar-refractivity contribution is 0.0873. The normalized spacial score (nSPS) is 20.2. The third-order valence-corrected chi connectivity index (χ3v) is 5.38. The summed E-state index contributed by atoms with van der Waals surface area (Å²) in [5.74, 6) is 2.71. The Labute approximate surface area is 158 Å². The number of hydrogen-bond acceptors (Lipinski definition) is 7. The predicted octanol–water partition coefficient (Wildman–Crippen LogP) is 2.60. The van der Waals surface area contributed by atoms with Crippen molar-refractivity contribution < 1.29 is 9.47 Å². The topological polar surface area (TPSA) is 59.5 Å². The van der Waals surface area contributed by atoms with Gasteiger partial charge in [0.2, 0.25) is 0 Å². The molecular formula is C19H24N4O2S. The molecule has 0 bridgehead atoms. The van der Waals surface area contributed by atoms with Gasteiger partial charge in [0.15, 0.2) is 16.7 Å². The largest absolute Gasteiger partial charge is 0.486 e. The van der Waals surface area contributed by atoms with Gasteiger partial charge in [-0.05, 0) is 37.3 Å². The van der Waals surface area contributed by atoms with E-state index in [1.165, 1.54) is 0 Å². The highest BCUT2D eigenvalue weighted by atomic mass is 32.2. The molecule has 1 aromatic heterocycles. The highest BCUT2D eigenvalue weighted by molar-refractivity contribution is 7.98. The van der Waals surface area contributed by atoms with Gasteiger partial charge in [-0.25, -0.2) is 9.97 Å². The van der Waals surface area contributed by atoms with Crippen molar-refractivity contribution in [2.75, 3.05) is 37.4 Å². The van der Waals surface area contributed by atoms with Crippen molar-refractivity contribution in [1.82, 2.24) is 15.3 Å². The fraction of sp³-hybridized carbons (Fsp3) is 0.474. The number of hydrogen-bond donors (Lipinski definition) is 1. The number of aromatic nitrogens is 2. The minimum atomic E-state index is 0.0638. The molecule has 1 unspecified atom stereocenters. The van der Waals surface area contributed by atoms with Gasteiger partial charge in [-0.3, -0.25) is 0 Å². The zero-order chi connectivity index (χ0) is 17.8. The summed E-state index contributed by atoms with van der Waals surface area (Å²) in [4.78, 5) is 11.2. The van der Waals surface area contributed by atoms with Crippen molar-refractivity contribution in [1.29, 1.82) is 0 Å². The summed E-state index contributed by atoms with van der Waals surface area (Å²) >= 11 is 1.58. The fourth-order valence-electron chi connectivity index (χ4n) is 3.38. The Balaban J connectivity index is 1.24. The summed E-state index contributed by atoms with van der Waals surface area (Å²) in [5.41, 5.74) is 0. The van der Waals surface area contributed by atoms with Crippen LogP contribution in [0.1, 0.15) is 12.8 Å². The van der Waals surface area contributed by atoms with Gasteiger partial charge in [0, 0.05) is 31.9 Å². The lowest BCUT2D eigenvalue weighted by Crippen LogP contribution is -2.47. The van der Waals surface area contributed by atoms with Gasteiger partial charge in [-0.15, -0.1) is 0 Å². The van der Waals surface area contributed by atoms with E-state index in [-0.39, 0.29) is 6.10 Å². The number of nitrogens with one attached hydrogen (secondary N) is 1. The molecule has 1 aromatic carbocycles. The van der Waals surface area contributed by atoms with Crippen LogP contribution in [0.2, 0.25) is 0 Å². The lowest BCUT2D eigenvalue weighted by atomic mass is 10.0. The molecule has 0 amide bonds. The molecule has 2 aliphatic rings. The van der Waals surface area contributed by atoms with E-state index in [1.54, 1.807) is 11.8 Å². The van der Waals surface area contributed by atoms with Crippen LogP contribution < -0.4 is 19.7 Å². The second-order valence-electron chi connectivity index (χ2n) is 6.57. The first-order chi connectivity index (χ1) is 12.8. The summed E-state index contributed by atoms with van der Waals surface area (Å²) in [6.45, 7) is 3.42. The van der Waals surface area contributed by atoms with Crippen LogP contribution in [-0.2, 0) is 0 Å². The van der Waals surface area contributed by atoms with E-state index in [0.717, 1.165) is 54.9 Å². The van der Waals surface area contributed by atoms with E-state index >= 15 is 0 Å². The molecule has 0 aliphatic carbocycles. The van der Waals surface area contributed by atoms with Gasteiger partial charge in [-0.1, -0.05) is 23.9 Å². The second-order valence-corrected chi connectivity index (χ2v) is 7.34. The molecule has 2 aromatic rings. The lowest BCUT2D eigenvalue weighted by Gasteiger charge is -2.34. The van der Waals surface area contributed by atoms with Gasteiger partial charge in [0.05, 0.1) is 0 Å². The average molecular weight is 372 g/mol. The van der Waals surface area contributed by atoms with Crippen LogP contribution in [0.25, 0.3) is 0 Å². The van der Waals surface area contributed by atoms with Crippen molar-refractivity contribution in [3.05, 3.63) is 36.5 Å². The van der Waals surface area contributed by atoms with Crippen molar-refractivity contribution >= 4 is 17.6 Å². The first-order valence-electron chi connectivity index (χ1n) is 9.05. The van der Waals surface area contributed by atoms with E-state index in [1.807, 2.05) is 42.8 Å². The second kappa shape index (κ2) is 8.14. The van der Waals surface area contributed by atoms with Crippen LogP contribution in [0.4, 0.5) is 5.82 Å². The van der Waals surface area contributed by atoms with Crippen LogP contribution in [0, 0.1) is 0 Å². The molecule has 26 heavy (non-hydrogen) atoms. The Hall–Kier alpha value is -1.99. The molecule has 1 atom stereocenters. The van der Waals surface area contributed by atoms with Crippen LogP contribution >= 0.6 is 11.8 Å². The Morgan fingerprint density at radius 2 is 2.00 bits per heavy atom. The quantitative estimate of drug-likeness (QED) is 0.639. The molecule has 1 fully saturated rings. The SMILES string of the molecule is CSc1nccc(N2CCC(NCC3COc4ccccc4O3)CC2)n1. The first-order valence-corrected chi connectivity index (χ1v) is 10.3. The number of ether oxygens (including phenoxy) is 2. The van der Waals surface area contributed by atoms with Gasteiger partial charge >= 0.3 is 0 Å². The molecule has 2 aliphatic heterocycles. The Kier molecular flexibility index (Phi) is 5.45. The summed E-state index contributed by atoms with van der Waals surface area (Å²) in [6, 6.07) is 10.4. The Bertz CT molecular complexity index is 737. The molecule has 0 saturated carbocycles. The summed E-state index contributed by atoms with van der Waals surface area (Å²) < 4.78 is 11.8. The summed E-state index contributed by atoms with van der Waals surface area (Å²) in [7, 11) is 0. The molecule has 3 heterocycles. The smallest absolute Gasteiger partial charge is 0.189 e. The maximum Gasteiger partial charge on any atom is 0.189 e. The average Bonchev–Trinajstić information content (AvgIpc) is 2.72. The van der Waals surface area contributed by atoms with Gasteiger partial charge < -0.3 is 19.7 Å². The zero-order valence-corrected chi connectivity index (χ0v) is 15.7. The maximum absolute atomic E-state index is 6.02. The van der Waals surface area contributed by atoms with Crippen molar-refractivity contribution in [3.63, 3.8) is 0 Å². The highest BCUT2D eigenvalue weighted by Gasteiger charge is 2.24. The minimum Gasteiger partial charge on any atom is -0.486 e. The van der Waals surface area contributed by atoms with E-state index in [4.69, 9.17) is 9.47 Å². The molecular weight excluding hydrogens is 348 g/mol. The molecule has 6 nitrogen and oxygen atoms in total. The number of piperidine rings is 1. The van der Waals surface area contributed by atoms with Crippen LogP contribution in [0.3, 0.4) is 0 Å². The third kappa shape index (κ3) is 4.04. The van der Waals surface area contributed by atoms with Gasteiger partial charge in [0.25, 0.3) is 0 Å². The Morgan fingerprint density at radius 1 is 1.19 bits per heavy atom. The number of fused-ring (bicyclic) bond motifs is 1. The summed E-state index contributed by atoms with van der Waals surface area (Å²) in [6.07, 6.45) is 6.11. The first kappa shape index (κ1) is 17.4. The molecule has 138 valence electrons. The van der Waals surface area contributed by atoms with Gasteiger partial charge in [-0.2, -0.15) is 0 Å². The minimum absolute atomic E-state index is 0.0638. The number of nitrogens with zero attached hydrogens (tertiary/aromatic N) is 3. The molecule has 1 N–H and O–H groups in total. The van der Waals surface area contributed by atoms with Crippen molar-refractivity contribution in [3.8, 4) is 11.5 Å². The predicted molar refractivity (Wildman–Crippen MR) is 103 cm³/mol. The molecule has 4 rings (SSSR count). The maximum atomic E-state index is 6.02. The van der Waals surface area contributed by atoms with Crippen molar-refractivity contribution in [2.24, 2.45) is 0 Å². The van der Waals surface area contributed by atoms with E-state index in [2.05, 4.69) is 20.2 Å². The monoisotopic (exact) mass is 372 g/mol. The fourth-order valence-corrected chi connectivity index (χ4v) is 3.73. The number of rotatable bonds is 5. The molecule has 1 saturated heterocycles. The highest BCUT2D eigenvalue weighted by Crippen LogP contribution is 2.30. The third-order valence-electron chi connectivity index (χ3n) is 4.82. The number of thioether (sulfide) groups is 1. The van der Waals surface area contributed by atoms with Crippen LogP contribution in [0.15, 0.2) is 41.7 Å². The molecule has 7 heteroatoms. The Morgan fingerprint density at radius 3 is 2.81 bits per heavy atom. The molecule has 0 radical (unpaired) electrons. The van der Waals surface area contributed by atoms with E-state index in [9.17, 15) is 0 Å². The van der Waals surface area contributed by atoms with Crippen LogP contribution in [0.5, 0.6) is 11.5 Å². The molecule has 0 spiro atoms. The number of anilines is 1. The van der Waals surface area contributed by atoms with Gasteiger partial charge in [0.1, 0.15) is 18.5 Å². The summed E-state index contributed by atoms with van der Waals surface area (Å²) in [5, 5.41) is 4.48. The number of benzene rings is 1. The number of para-hydroxylation sites is 2.